The summed E-state index contributed by atoms with van der Waals surface area (Å²) >= 11 is 11.1. The lowest BCUT2D eigenvalue weighted by Gasteiger charge is -2.20. The summed E-state index contributed by atoms with van der Waals surface area (Å²) in [6.07, 6.45) is 8.61. The lowest BCUT2D eigenvalue weighted by atomic mass is 10.1. The topological polar surface area (TPSA) is 18.5 Å². The summed E-state index contributed by atoms with van der Waals surface area (Å²) in [6, 6.07) is 13.8. The fraction of sp³-hybridized carbons (Fsp3) is 0.0909. The summed E-state index contributed by atoms with van der Waals surface area (Å²) in [6.45, 7) is 0. The minimum absolute atomic E-state index is 0.750. The second-order valence-corrected chi connectivity index (χ2v) is 12.9. The molecule has 0 unspecified atom stereocenters. The molecule has 0 spiro atoms. The summed E-state index contributed by atoms with van der Waals surface area (Å²) in [5.74, 6) is 3.01. The molecular weight excluding hydrogens is 489 g/mol. The summed E-state index contributed by atoms with van der Waals surface area (Å²) in [4.78, 5) is 1.26. The minimum atomic E-state index is 0.750. The van der Waals surface area contributed by atoms with Gasteiger partial charge in [-0.05, 0) is 53.8 Å². The lowest BCUT2D eigenvalue weighted by molar-refractivity contribution is 0.359. The van der Waals surface area contributed by atoms with Gasteiger partial charge in [-0.15, -0.1) is 23.5 Å². The van der Waals surface area contributed by atoms with Crippen LogP contribution in [0.25, 0.3) is 6.08 Å². The molecule has 2 nitrogen and oxygen atoms in total. The van der Waals surface area contributed by atoms with Crippen LogP contribution in [0, 0.1) is 0 Å². The first-order valence-electron chi connectivity index (χ1n) is 8.97. The van der Waals surface area contributed by atoms with Gasteiger partial charge in [0.05, 0.1) is 16.9 Å². The van der Waals surface area contributed by atoms with Crippen molar-refractivity contribution < 1.29 is 9.47 Å². The molecule has 30 heavy (non-hydrogen) atoms. The molecule has 0 N–H and O–H groups in total. The summed E-state index contributed by atoms with van der Waals surface area (Å²) in [5.41, 5.74) is 1.09. The van der Waals surface area contributed by atoms with Crippen molar-refractivity contribution >= 4 is 76.6 Å². The van der Waals surface area contributed by atoms with E-state index in [-0.39, 0.29) is 0 Å². The average Bonchev–Trinajstić information content (AvgIpc) is 3.42. The van der Waals surface area contributed by atoms with Crippen molar-refractivity contribution in [2.45, 2.75) is 0 Å². The van der Waals surface area contributed by atoms with E-state index in [1.54, 1.807) is 0 Å². The molecular formula is C22H16O2S6. The van der Waals surface area contributed by atoms with Crippen LogP contribution in [-0.4, -0.2) is 12.5 Å². The first kappa shape index (κ1) is 21.0. The van der Waals surface area contributed by atoms with Crippen molar-refractivity contribution in [3.63, 3.8) is 0 Å². The maximum atomic E-state index is 6.01. The van der Waals surface area contributed by atoms with E-state index >= 15 is 0 Å². The smallest absolute Gasteiger partial charge is 0.170 e. The number of ether oxygens (including phenoxy) is 2. The third kappa shape index (κ3) is 4.36. The van der Waals surface area contributed by atoms with Crippen molar-refractivity contribution in [2.24, 2.45) is 0 Å². The van der Waals surface area contributed by atoms with E-state index in [0.29, 0.717) is 0 Å². The van der Waals surface area contributed by atoms with E-state index in [9.17, 15) is 0 Å². The van der Waals surface area contributed by atoms with Crippen LogP contribution in [0.4, 0.5) is 0 Å². The van der Waals surface area contributed by atoms with Crippen LogP contribution in [0.1, 0.15) is 5.56 Å². The maximum absolute atomic E-state index is 6.01. The van der Waals surface area contributed by atoms with Crippen LogP contribution in [0.3, 0.4) is 0 Å². The molecule has 0 fully saturated rings. The van der Waals surface area contributed by atoms with E-state index in [1.165, 1.54) is 21.9 Å². The van der Waals surface area contributed by atoms with Gasteiger partial charge in [0.15, 0.2) is 23.0 Å². The molecule has 0 atom stereocenters. The molecule has 0 saturated heterocycles. The highest BCUT2D eigenvalue weighted by Crippen LogP contribution is 2.61. The van der Waals surface area contributed by atoms with Gasteiger partial charge in [0.1, 0.15) is 0 Å². The number of hydrogen-bond donors (Lipinski definition) is 0. The number of hydrogen-bond acceptors (Lipinski definition) is 8. The number of rotatable bonds is 4. The number of benzene rings is 2. The Morgan fingerprint density at radius 3 is 2.10 bits per heavy atom. The third-order valence-corrected chi connectivity index (χ3v) is 12.4. The van der Waals surface area contributed by atoms with Crippen molar-refractivity contribution in [1.29, 1.82) is 0 Å². The van der Waals surface area contributed by atoms with Gasteiger partial charge in [-0.25, -0.2) is 0 Å². The number of fused-ring (bicyclic) bond motifs is 2. The Balaban J connectivity index is 1.27. The van der Waals surface area contributed by atoms with Gasteiger partial charge in [-0.3, -0.25) is 0 Å². The van der Waals surface area contributed by atoms with Crippen LogP contribution in [0.2, 0.25) is 0 Å². The number of allylic oxidation sites excluding steroid dienone is 1. The Morgan fingerprint density at radius 2 is 1.40 bits per heavy atom. The lowest BCUT2D eigenvalue weighted by Crippen LogP contribution is -1.98. The van der Waals surface area contributed by atoms with Crippen LogP contribution >= 0.6 is 70.6 Å². The molecule has 0 amide bonds. The Labute approximate surface area is 201 Å². The fourth-order valence-corrected chi connectivity index (χ4v) is 10.3. The fourth-order valence-electron chi connectivity index (χ4n) is 2.86. The zero-order chi connectivity index (χ0) is 20.5. The molecule has 3 heterocycles. The third-order valence-electron chi connectivity index (χ3n) is 4.26. The van der Waals surface area contributed by atoms with Crippen LogP contribution in [0.15, 0.2) is 75.8 Å². The van der Waals surface area contributed by atoms with Gasteiger partial charge in [-0.1, -0.05) is 71.3 Å². The SMILES string of the molecule is CSC1=C(SC)SC(=C2SC=C(/C=C/c3ccc4c(c3)Oc3ccccc3O4)S2)S1. The van der Waals surface area contributed by atoms with Gasteiger partial charge >= 0.3 is 0 Å². The summed E-state index contributed by atoms with van der Waals surface area (Å²) < 4.78 is 17.5. The van der Waals surface area contributed by atoms with Crippen molar-refractivity contribution in [1.82, 2.24) is 0 Å². The molecule has 0 radical (unpaired) electrons. The Morgan fingerprint density at radius 1 is 0.733 bits per heavy atom. The van der Waals surface area contributed by atoms with E-state index in [4.69, 9.17) is 9.47 Å². The van der Waals surface area contributed by atoms with E-state index in [1.807, 2.05) is 107 Å². The van der Waals surface area contributed by atoms with Crippen LogP contribution in [-0.2, 0) is 0 Å². The molecule has 2 aromatic rings. The average molecular weight is 505 g/mol. The van der Waals surface area contributed by atoms with Gasteiger partial charge < -0.3 is 9.47 Å². The highest BCUT2D eigenvalue weighted by Gasteiger charge is 2.26. The van der Waals surface area contributed by atoms with Gasteiger partial charge in [0.2, 0.25) is 0 Å². The monoisotopic (exact) mass is 504 g/mol. The van der Waals surface area contributed by atoms with Crippen molar-refractivity contribution in [3.05, 3.63) is 81.4 Å². The molecule has 3 aliphatic rings. The van der Waals surface area contributed by atoms with Gasteiger partial charge in [0, 0.05) is 4.91 Å². The quantitative estimate of drug-likeness (QED) is 0.345. The van der Waals surface area contributed by atoms with Crippen molar-refractivity contribution in [2.75, 3.05) is 12.5 Å². The highest BCUT2D eigenvalue weighted by molar-refractivity contribution is 8.42. The van der Waals surface area contributed by atoms with E-state index < -0.39 is 0 Å². The Hall–Kier alpha value is -0.900. The predicted molar refractivity (Wildman–Crippen MR) is 142 cm³/mol. The molecule has 0 aromatic heterocycles. The second-order valence-electron chi connectivity index (χ2n) is 6.19. The molecule has 2 aromatic carbocycles. The molecule has 0 saturated carbocycles. The normalized spacial score (nSPS) is 17.7. The number of thioether (sulfide) groups is 6. The van der Waals surface area contributed by atoms with E-state index in [0.717, 1.165) is 28.6 Å². The first-order chi connectivity index (χ1) is 14.7. The summed E-state index contributed by atoms with van der Waals surface area (Å²) in [5, 5.41) is 2.23. The zero-order valence-electron chi connectivity index (χ0n) is 16.0. The second kappa shape index (κ2) is 9.30. The molecule has 0 bridgehead atoms. The predicted octanol–water partition coefficient (Wildman–Crippen LogP) is 9.38. The Bertz CT molecular complexity index is 1110. The summed E-state index contributed by atoms with van der Waals surface area (Å²) in [7, 11) is 0. The Kier molecular flexibility index (Phi) is 6.50. The molecule has 8 heteroatoms. The zero-order valence-corrected chi connectivity index (χ0v) is 20.9. The molecule has 5 rings (SSSR count). The van der Waals surface area contributed by atoms with Crippen LogP contribution < -0.4 is 9.47 Å². The first-order valence-corrected chi connectivity index (χ1v) is 14.7. The van der Waals surface area contributed by atoms with E-state index in [2.05, 4.69) is 36.1 Å². The molecule has 0 aliphatic carbocycles. The van der Waals surface area contributed by atoms with Crippen molar-refractivity contribution in [3.8, 4) is 23.0 Å². The maximum Gasteiger partial charge on any atom is 0.170 e. The van der Waals surface area contributed by atoms with Crippen LogP contribution in [0.5, 0.6) is 23.0 Å². The number of para-hydroxylation sites is 2. The van der Waals surface area contributed by atoms with Gasteiger partial charge in [-0.2, -0.15) is 0 Å². The molecule has 152 valence electrons. The minimum Gasteiger partial charge on any atom is -0.450 e. The standard InChI is InChI=1S/C22H16O2S6/c1-25-19-20(26-2)30-22(29-19)21-27-12-14(28-21)9-7-13-8-10-17-18(11-13)24-16-6-4-3-5-15(16)23-17/h3-12H,1-2H3/b9-7+. The van der Waals surface area contributed by atoms with Gasteiger partial charge in [0.25, 0.3) is 0 Å². The highest BCUT2D eigenvalue weighted by atomic mass is 32.3. The molecule has 3 aliphatic heterocycles. The largest absolute Gasteiger partial charge is 0.450 e.